The fraction of sp³-hybridized carbons (Fsp3) is 0.381. The number of hydrogen-bond donors (Lipinski definition) is 1. The molecule has 170 valence electrons. The van der Waals surface area contributed by atoms with E-state index in [9.17, 15) is 25.0 Å². The number of hydrogen-bond acceptors (Lipinski definition) is 8. The Bertz CT molecular complexity index is 927. The van der Waals surface area contributed by atoms with E-state index in [0.717, 1.165) is 56.6 Å². The zero-order valence-corrected chi connectivity index (χ0v) is 17.4. The van der Waals surface area contributed by atoms with Crippen molar-refractivity contribution >= 4 is 17.3 Å². The Morgan fingerprint density at radius 3 is 2.22 bits per heavy atom. The molecule has 32 heavy (non-hydrogen) atoms. The predicted molar refractivity (Wildman–Crippen MR) is 115 cm³/mol. The van der Waals surface area contributed by atoms with Crippen molar-refractivity contribution in [1.82, 2.24) is 10.2 Å². The van der Waals surface area contributed by atoms with Crippen molar-refractivity contribution in [3.63, 3.8) is 0 Å². The molecule has 1 aliphatic heterocycles. The average Bonchev–Trinajstić information content (AvgIpc) is 2.79. The first kappa shape index (κ1) is 23.1. The fourth-order valence-corrected chi connectivity index (χ4v) is 3.22. The van der Waals surface area contributed by atoms with Crippen LogP contribution in [0.3, 0.4) is 0 Å². The van der Waals surface area contributed by atoms with Gasteiger partial charge in [0.05, 0.1) is 41.3 Å². The number of nitro groups is 2. The summed E-state index contributed by atoms with van der Waals surface area (Å²) in [5.41, 5.74) is 0.0709. The number of nitrogens with zero attached hydrogens (tertiary/aromatic N) is 3. The summed E-state index contributed by atoms with van der Waals surface area (Å²) in [5.74, 6) is 0.347. The average molecular weight is 444 g/mol. The van der Waals surface area contributed by atoms with Gasteiger partial charge in [0.1, 0.15) is 11.5 Å². The third kappa shape index (κ3) is 7.00. The number of ether oxygens (including phenoxy) is 2. The third-order valence-corrected chi connectivity index (χ3v) is 4.95. The second-order valence-electron chi connectivity index (χ2n) is 7.25. The minimum absolute atomic E-state index is 0.00158. The maximum absolute atomic E-state index is 12.1. The van der Waals surface area contributed by atoms with E-state index < -0.39 is 21.2 Å². The summed E-state index contributed by atoms with van der Waals surface area (Å²) < 4.78 is 10.8. The Kier molecular flexibility index (Phi) is 8.06. The van der Waals surface area contributed by atoms with Crippen LogP contribution in [-0.2, 0) is 16.0 Å². The van der Waals surface area contributed by atoms with Crippen molar-refractivity contribution in [3.8, 4) is 11.5 Å². The van der Waals surface area contributed by atoms with Crippen LogP contribution in [0.1, 0.15) is 12.0 Å². The van der Waals surface area contributed by atoms with Crippen LogP contribution in [0, 0.1) is 20.2 Å². The van der Waals surface area contributed by atoms with Crippen LogP contribution < -0.4 is 10.1 Å². The van der Waals surface area contributed by atoms with Crippen molar-refractivity contribution in [3.05, 3.63) is 68.3 Å². The van der Waals surface area contributed by atoms with E-state index >= 15 is 0 Å². The molecule has 1 fully saturated rings. The molecule has 2 aromatic carbocycles. The molecule has 0 atom stereocenters. The summed E-state index contributed by atoms with van der Waals surface area (Å²) >= 11 is 0. The molecule has 1 N–H and O–H groups in total. The second-order valence-corrected chi connectivity index (χ2v) is 7.25. The summed E-state index contributed by atoms with van der Waals surface area (Å²) in [5, 5.41) is 24.9. The Balaban J connectivity index is 1.48. The summed E-state index contributed by atoms with van der Waals surface area (Å²) in [6.07, 6.45) is 0.895. The van der Waals surface area contributed by atoms with Crippen molar-refractivity contribution in [2.45, 2.75) is 12.8 Å². The maximum atomic E-state index is 12.1. The van der Waals surface area contributed by atoms with Crippen LogP contribution in [0.5, 0.6) is 11.5 Å². The van der Waals surface area contributed by atoms with Crippen molar-refractivity contribution in [1.29, 1.82) is 0 Å². The normalized spacial score (nSPS) is 14.0. The molecule has 1 saturated heterocycles. The smallest absolute Gasteiger partial charge is 0.280 e. The molecule has 1 aliphatic rings. The van der Waals surface area contributed by atoms with Crippen LogP contribution in [-0.4, -0.2) is 60.0 Å². The minimum atomic E-state index is -0.713. The SMILES string of the molecule is O=C(CCc1ccc(Oc2cc([N+](=O)[O-])cc([N+](=O)[O-])c2)cc1)NCCN1CCOCC1. The zero-order chi connectivity index (χ0) is 22.9. The molecule has 0 unspecified atom stereocenters. The molecule has 3 rings (SSSR count). The first-order chi connectivity index (χ1) is 15.4. The van der Waals surface area contributed by atoms with Crippen molar-refractivity contribution in [2.75, 3.05) is 39.4 Å². The van der Waals surface area contributed by atoms with E-state index in [1.165, 1.54) is 0 Å². The van der Waals surface area contributed by atoms with Gasteiger partial charge in [0.25, 0.3) is 11.4 Å². The second kappa shape index (κ2) is 11.2. The molecule has 0 aromatic heterocycles. The molecule has 0 spiro atoms. The molecule has 2 aromatic rings. The largest absolute Gasteiger partial charge is 0.457 e. The lowest BCUT2D eigenvalue weighted by Crippen LogP contribution is -2.41. The molecule has 11 nitrogen and oxygen atoms in total. The van der Waals surface area contributed by atoms with Gasteiger partial charge in [-0.3, -0.25) is 29.9 Å². The number of carbonyl (C=O) groups excluding carboxylic acids is 1. The molecule has 1 heterocycles. The van der Waals surface area contributed by atoms with E-state index in [-0.39, 0.29) is 11.7 Å². The van der Waals surface area contributed by atoms with E-state index in [0.29, 0.717) is 25.1 Å². The first-order valence-electron chi connectivity index (χ1n) is 10.2. The molecule has 0 radical (unpaired) electrons. The molecular weight excluding hydrogens is 420 g/mol. The third-order valence-electron chi connectivity index (χ3n) is 4.95. The zero-order valence-electron chi connectivity index (χ0n) is 17.4. The molecular formula is C21H24N4O7. The van der Waals surface area contributed by atoms with Gasteiger partial charge in [-0.2, -0.15) is 0 Å². The van der Waals surface area contributed by atoms with Crippen LogP contribution in [0.15, 0.2) is 42.5 Å². The van der Waals surface area contributed by atoms with Gasteiger partial charge in [-0.25, -0.2) is 0 Å². The number of morpholine rings is 1. The van der Waals surface area contributed by atoms with Crippen molar-refractivity contribution in [2.24, 2.45) is 0 Å². The minimum Gasteiger partial charge on any atom is -0.457 e. The number of nitro benzene ring substituents is 2. The lowest BCUT2D eigenvalue weighted by molar-refractivity contribution is -0.394. The van der Waals surface area contributed by atoms with Gasteiger partial charge in [0.15, 0.2) is 0 Å². The highest BCUT2D eigenvalue weighted by Crippen LogP contribution is 2.30. The van der Waals surface area contributed by atoms with E-state index in [1.54, 1.807) is 24.3 Å². The number of aryl methyl sites for hydroxylation is 1. The Morgan fingerprint density at radius 1 is 1.00 bits per heavy atom. The lowest BCUT2D eigenvalue weighted by atomic mass is 10.1. The van der Waals surface area contributed by atoms with Gasteiger partial charge in [-0.05, 0) is 24.1 Å². The summed E-state index contributed by atoms with van der Waals surface area (Å²) in [4.78, 5) is 34.8. The number of nitrogens with one attached hydrogen (secondary N) is 1. The van der Waals surface area contributed by atoms with E-state index in [1.807, 2.05) is 0 Å². The quantitative estimate of drug-likeness (QED) is 0.436. The van der Waals surface area contributed by atoms with Gasteiger partial charge in [-0.15, -0.1) is 0 Å². The molecule has 0 aliphatic carbocycles. The highest BCUT2D eigenvalue weighted by atomic mass is 16.6. The topological polar surface area (TPSA) is 137 Å². The van der Waals surface area contributed by atoms with Crippen LogP contribution in [0.4, 0.5) is 11.4 Å². The number of rotatable bonds is 10. The molecule has 0 bridgehead atoms. The summed E-state index contributed by atoms with van der Waals surface area (Å²) in [6, 6.07) is 9.99. The van der Waals surface area contributed by atoms with Gasteiger partial charge in [-0.1, -0.05) is 12.1 Å². The van der Waals surface area contributed by atoms with E-state index in [2.05, 4.69) is 10.2 Å². The van der Waals surface area contributed by atoms with E-state index in [4.69, 9.17) is 9.47 Å². The number of amides is 1. The van der Waals surface area contributed by atoms with Crippen LogP contribution in [0.25, 0.3) is 0 Å². The standard InChI is InChI=1S/C21H24N4O7/c26-21(22-7-8-23-9-11-31-12-10-23)6-3-16-1-4-19(5-2-16)32-20-14-17(24(27)28)13-18(15-20)25(29)30/h1-2,4-5,13-15H,3,6-12H2,(H,22,26). The Morgan fingerprint density at radius 2 is 1.62 bits per heavy atom. The predicted octanol–water partition coefficient (Wildman–Crippen LogP) is 2.68. The van der Waals surface area contributed by atoms with Crippen LogP contribution in [0.2, 0.25) is 0 Å². The van der Waals surface area contributed by atoms with Gasteiger partial charge >= 0.3 is 0 Å². The number of benzene rings is 2. The van der Waals surface area contributed by atoms with Crippen molar-refractivity contribution < 1.29 is 24.1 Å². The summed E-state index contributed by atoms with van der Waals surface area (Å²) in [6.45, 7) is 4.62. The molecule has 0 saturated carbocycles. The van der Waals surface area contributed by atoms with Gasteiger partial charge in [0.2, 0.25) is 5.91 Å². The molecule has 11 heteroatoms. The highest BCUT2D eigenvalue weighted by Gasteiger charge is 2.17. The summed E-state index contributed by atoms with van der Waals surface area (Å²) in [7, 11) is 0. The Labute approximate surface area is 184 Å². The first-order valence-corrected chi connectivity index (χ1v) is 10.2. The highest BCUT2D eigenvalue weighted by molar-refractivity contribution is 5.76. The Hall–Kier alpha value is -3.57. The lowest BCUT2D eigenvalue weighted by Gasteiger charge is -2.26. The monoisotopic (exact) mass is 444 g/mol. The maximum Gasteiger partial charge on any atom is 0.280 e. The molecule has 1 amide bonds. The fourth-order valence-electron chi connectivity index (χ4n) is 3.22. The van der Waals surface area contributed by atoms with Gasteiger partial charge in [0, 0.05) is 32.6 Å². The van der Waals surface area contributed by atoms with Crippen LogP contribution >= 0.6 is 0 Å². The van der Waals surface area contributed by atoms with Gasteiger partial charge < -0.3 is 14.8 Å². The number of carbonyl (C=O) groups is 1. The number of non-ortho nitro benzene ring substituents is 2.